The summed E-state index contributed by atoms with van der Waals surface area (Å²) >= 11 is 3.27. The fourth-order valence-electron chi connectivity index (χ4n) is 3.07. The maximum absolute atomic E-state index is 12.6. The van der Waals surface area contributed by atoms with Crippen molar-refractivity contribution < 1.29 is 17.9 Å². The summed E-state index contributed by atoms with van der Waals surface area (Å²) in [7, 11) is -3.86. The van der Waals surface area contributed by atoms with Crippen molar-refractivity contribution in [3.63, 3.8) is 0 Å². The van der Waals surface area contributed by atoms with E-state index in [1.807, 2.05) is 25.1 Å². The van der Waals surface area contributed by atoms with Gasteiger partial charge in [-0.15, -0.1) is 0 Å². The van der Waals surface area contributed by atoms with E-state index in [9.17, 15) is 8.42 Å². The van der Waals surface area contributed by atoms with Gasteiger partial charge in [-0.2, -0.15) is 18.2 Å². The van der Waals surface area contributed by atoms with E-state index in [0.717, 1.165) is 16.4 Å². The van der Waals surface area contributed by atoms with Crippen LogP contribution in [-0.4, -0.2) is 57.7 Å². The van der Waals surface area contributed by atoms with E-state index in [2.05, 4.69) is 50.4 Å². The second kappa shape index (κ2) is 11.4. The minimum absolute atomic E-state index is 0.0719. The van der Waals surface area contributed by atoms with Crippen LogP contribution in [-0.2, 0) is 10.2 Å². The van der Waals surface area contributed by atoms with Gasteiger partial charge in [-0.3, -0.25) is 4.72 Å². The number of nitrogens with one attached hydrogen (secondary N) is 2. The molecule has 0 bridgehead atoms. The van der Waals surface area contributed by atoms with E-state index in [4.69, 9.17) is 9.47 Å². The van der Waals surface area contributed by atoms with Gasteiger partial charge in [0, 0.05) is 36.9 Å². The first-order valence-corrected chi connectivity index (χ1v) is 13.0. The molecule has 4 aromatic heterocycles. The Balaban J connectivity index is 1.58. The predicted octanol–water partition coefficient (Wildman–Crippen LogP) is 2.85. The number of anilines is 1. The number of hydrogen-bond acceptors (Lipinski definition) is 9. The largest absolute Gasteiger partial charge is 0.473 e. The van der Waals surface area contributed by atoms with E-state index in [1.165, 1.54) is 6.33 Å². The lowest BCUT2D eigenvalue weighted by atomic mass is 10.1. The van der Waals surface area contributed by atoms with Gasteiger partial charge in [0.05, 0.1) is 15.6 Å². The Morgan fingerprint density at radius 2 is 1.86 bits per heavy atom. The summed E-state index contributed by atoms with van der Waals surface area (Å²) in [5, 5.41) is 4.25. The number of pyridine rings is 1. The minimum Gasteiger partial charge on any atom is -0.473 e. The van der Waals surface area contributed by atoms with Crippen molar-refractivity contribution in [3.05, 3.63) is 53.8 Å². The SMILES string of the molecule is CCCCNS(=O)(=O)Nc1ncnc(OCCOc2ncc(Br)cn2)c1-c1ccc2ccnn2c1. The lowest BCUT2D eigenvalue weighted by Crippen LogP contribution is -2.31. The molecule has 0 aliphatic heterocycles. The number of unbranched alkanes of at least 4 members (excludes halogenated alkanes) is 1. The monoisotopic (exact) mass is 562 g/mol. The number of fused-ring (bicyclic) bond motifs is 1. The molecule has 0 aromatic carbocycles. The van der Waals surface area contributed by atoms with Gasteiger partial charge in [0.1, 0.15) is 19.5 Å². The Hall–Kier alpha value is -3.36. The molecule has 0 fully saturated rings. The van der Waals surface area contributed by atoms with Crippen molar-refractivity contribution in [2.24, 2.45) is 0 Å². The van der Waals surface area contributed by atoms with Crippen molar-refractivity contribution in [1.29, 1.82) is 0 Å². The molecule has 0 amide bonds. The zero-order valence-electron chi connectivity index (χ0n) is 18.8. The van der Waals surface area contributed by atoms with Gasteiger partial charge >= 0.3 is 6.01 Å². The first kappa shape index (κ1) is 24.8. The fourth-order valence-corrected chi connectivity index (χ4v) is 4.17. The molecule has 0 aliphatic carbocycles. The third-order valence-electron chi connectivity index (χ3n) is 4.70. The second-order valence-corrected chi connectivity index (χ2v) is 9.67. The van der Waals surface area contributed by atoms with Crippen LogP contribution >= 0.6 is 15.9 Å². The topological polar surface area (TPSA) is 146 Å². The number of halogens is 1. The number of hydrogen-bond donors (Lipinski definition) is 2. The molecule has 0 spiro atoms. The van der Waals surface area contributed by atoms with Crippen LogP contribution in [0.2, 0.25) is 0 Å². The summed E-state index contributed by atoms with van der Waals surface area (Å²) in [5.74, 6) is 0.251. The molecule has 4 heterocycles. The third-order valence-corrected chi connectivity index (χ3v) is 6.16. The summed E-state index contributed by atoms with van der Waals surface area (Å²) in [6.07, 6.45) is 9.36. The summed E-state index contributed by atoms with van der Waals surface area (Å²) in [4.78, 5) is 16.5. The number of rotatable bonds is 12. The van der Waals surface area contributed by atoms with Crippen LogP contribution in [0.3, 0.4) is 0 Å². The summed E-state index contributed by atoms with van der Waals surface area (Å²) < 4.78 is 44.0. The van der Waals surface area contributed by atoms with Crippen molar-refractivity contribution in [2.75, 3.05) is 24.5 Å². The van der Waals surface area contributed by atoms with Gasteiger partial charge in [-0.1, -0.05) is 19.4 Å². The van der Waals surface area contributed by atoms with Crippen LogP contribution in [0, 0.1) is 0 Å². The average Bonchev–Trinajstić information content (AvgIpc) is 3.31. The molecule has 4 rings (SSSR count). The molecular formula is C21H23BrN8O4S. The van der Waals surface area contributed by atoms with Gasteiger partial charge in [-0.25, -0.2) is 24.5 Å². The van der Waals surface area contributed by atoms with Crippen molar-refractivity contribution in [1.82, 2.24) is 34.3 Å². The lowest BCUT2D eigenvalue weighted by Gasteiger charge is -2.16. The molecule has 0 aliphatic rings. The zero-order chi connectivity index (χ0) is 24.7. The summed E-state index contributed by atoms with van der Waals surface area (Å²) in [6, 6.07) is 5.73. The van der Waals surface area contributed by atoms with Crippen molar-refractivity contribution in [3.8, 4) is 23.0 Å². The highest BCUT2D eigenvalue weighted by molar-refractivity contribution is 9.10. The zero-order valence-corrected chi connectivity index (χ0v) is 21.2. The number of aromatic nitrogens is 6. The van der Waals surface area contributed by atoms with Crippen LogP contribution < -0.4 is 18.9 Å². The van der Waals surface area contributed by atoms with Crippen LogP contribution in [0.4, 0.5) is 5.82 Å². The molecule has 0 saturated heterocycles. The van der Waals surface area contributed by atoms with Crippen LogP contribution in [0.25, 0.3) is 16.6 Å². The van der Waals surface area contributed by atoms with Crippen LogP contribution in [0.15, 0.2) is 53.8 Å². The highest BCUT2D eigenvalue weighted by atomic mass is 79.9. The molecule has 14 heteroatoms. The van der Waals surface area contributed by atoms with Gasteiger partial charge in [0.25, 0.3) is 10.2 Å². The third kappa shape index (κ3) is 6.61. The van der Waals surface area contributed by atoms with E-state index in [1.54, 1.807) is 29.3 Å². The van der Waals surface area contributed by atoms with Gasteiger partial charge in [0.2, 0.25) is 5.88 Å². The van der Waals surface area contributed by atoms with Gasteiger partial charge in [0.15, 0.2) is 5.82 Å². The molecule has 12 nitrogen and oxygen atoms in total. The Bertz CT molecular complexity index is 1380. The quantitative estimate of drug-likeness (QED) is 0.249. The van der Waals surface area contributed by atoms with E-state index in [-0.39, 0.29) is 30.9 Å². The van der Waals surface area contributed by atoms with Crippen molar-refractivity contribution in [2.45, 2.75) is 19.8 Å². The van der Waals surface area contributed by atoms with Gasteiger partial charge in [-0.05, 0) is 34.5 Å². The Morgan fingerprint density at radius 3 is 2.66 bits per heavy atom. The Labute approximate surface area is 210 Å². The minimum atomic E-state index is -3.86. The van der Waals surface area contributed by atoms with Crippen LogP contribution in [0.1, 0.15) is 19.8 Å². The predicted molar refractivity (Wildman–Crippen MR) is 132 cm³/mol. The highest BCUT2D eigenvalue weighted by Crippen LogP contribution is 2.34. The first-order valence-electron chi connectivity index (χ1n) is 10.7. The van der Waals surface area contributed by atoms with Crippen molar-refractivity contribution >= 4 is 37.5 Å². The van der Waals surface area contributed by atoms with E-state index in [0.29, 0.717) is 24.1 Å². The highest BCUT2D eigenvalue weighted by Gasteiger charge is 2.20. The van der Waals surface area contributed by atoms with Crippen LogP contribution in [0.5, 0.6) is 11.9 Å². The Morgan fingerprint density at radius 1 is 1.06 bits per heavy atom. The average molecular weight is 563 g/mol. The molecule has 4 aromatic rings. The molecular weight excluding hydrogens is 540 g/mol. The Kier molecular flexibility index (Phi) is 8.05. The lowest BCUT2D eigenvalue weighted by molar-refractivity contribution is 0.202. The smallest absolute Gasteiger partial charge is 0.316 e. The molecule has 0 radical (unpaired) electrons. The first-order chi connectivity index (χ1) is 16.9. The maximum atomic E-state index is 12.6. The summed E-state index contributed by atoms with van der Waals surface area (Å²) in [5.41, 5.74) is 1.85. The molecule has 0 unspecified atom stereocenters. The fraction of sp³-hybridized carbons (Fsp3) is 0.286. The molecule has 0 atom stereocenters. The maximum Gasteiger partial charge on any atom is 0.316 e. The molecule has 184 valence electrons. The second-order valence-electron chi connectivity index (χ2n) is 7.26. The normalized spacial score (nSPS) is 11.5. The molecule has 35 heavy (non-hydrogen) atoms. The number of ether oxygens (including phenoxy) is 2. The van der Waals surface area contributed by atoms with E-state index >= 15 is 0 Å². The van der Waals surface area contributed by atoms with Gasteiger partial charge < -0.3 is 9.47 Å². The summed E-state index contributed by atoms with van der Waals surface area (Å²) in [6.45, 7) is 2.54. The molecule has 0 saturated carbocycles. The standard InChI is InChI=1S/C21H23BrN8O4S/c1-2-3-7-28-35(31,32)29-19-18(15-4-5-17-6-8-27-30(17)13-15)20(26-14-25-19)33-9-10-34-21-23-11-16(22)12-24-21/h4-6,8,11-14,28H,2-3,7,9-10H2,1H3,(H,25,26,29). The molecule has 2 N–H and O–H groups in total. The van der Waals surface area contributed by atoms with E-state index < -0.39 is 10.2 Å². The number of nitrogens with zero attached hydrogens (tertiary/aromatic N) is 6.